The molecule has 2 heterocycles. The summed E-state index contributed by atoms with van der Waals surface area (Å²) in [5, 5.41) is 37.6. The van der Waals surface area contributed by atoms with Crippen LogP contribution in [0, 0.1) is 6.92 Å². The average molecular weight is 689 g/mol. The van der Waals surface area contributed by atoms with Crippen molar-refractivity contribution in [1.82, 2.24) is 4.98 Å². The van der Waals surface area contributed by atoms with E-state index in [0.717, 1.165) is 27.0 Å². The minimum atomic E-state index is -1.36. The van der Waals surface area contributed by atoms with Crippen molar-refractivity contribution in [3.63, 3.8) is 0 Å². The van der Waals surface area contributed by atoms with Crippen molar-refractivity contribution >= 4 is 23.0 Å². The summed E-state index contributed by atoms with van der Waals surface area (Å²) in [5.74, 6) is -0.951. The molecule has 0 aliphatic carbocycles. The first-order chi connectivity index (χ1) is 24.4. The number of aryl methyl sites for hydroxylation is 1. The number of benzene rings is 4. The Kier molecular flexibility index (Phi) is 10.8. The van der Waals surface area contributed by atoms with Gasteiger partial charge in [-0.2, -0.15) is 0 Å². The van der Waals surface area contributed by atoms with Crippen molar-refractivity contribution in [3.05, 3.63) is 178 Å². The number of carboxylic acids is 1. The van der Waals surface area contributed by atoms with Crippen LogP contribution in [-0.2, 0) is 9.63 Å². The van der Waals surface area contributed by atoms with Crippen LogP contribution in [0.25, 0.3) is 0 Å². The number of aliphatic hydroxyl groups excluding tert-OH is 1. The molecular formula is C39H34N3O7S+. The van der Waals surface area contributed by atoms with Gasteiger partial charge in [-0.05, 0) is 29.2 Å². The van der Waals surface area contributed by atoms with Crippen molar-refractivity contribution in [3.8, 4) is 11.5 Å². The molecular weight excluding hydrogens is 655 g/mol. The van der Waals surface area contributed by atoms with Crippen LogP contribution >= 0.6 is 11.3 Å². The molecule has 1 unspecified atom stereocenters. The lowest BCUT2D eigenvalue weighted by molar-refractivity contribution is -0.911. The van der Waals surface area contributed by atoms with Crippen LogP contribution in [0.2, 0.25) is 0 Å². The number of nitrogens with zero attached hydrogens (tertiary/aromatic N) is 3. The number of oxime groups is 1. The largest absolute Gasteiger partial charge is 0.477 e. The number of thiazole rings is 1. The molecule has 0 bridgehead atoms. The second-order valence-corrected chi connectivity index (χ2v) is 12.2. The lowest BCUT2D eigenvalue weighted by atomic mass is 10.0. The summed E-state index contributed by atoms with van der Waals surface area (Å²) in [5.41, 5.74) is 3.14. The normalized spacial score (nSPS) is 12.1. The molecule has 0 fully saturated rings. The summed E-state index contributed by atoms with van der Waals surface area (Å²) in [6.45, 7) is 1.08. The van der Waals surface area contributed by atoms with E-state index in [2.05, 4.69) is 10.1 Å². The molecule has 4 aromatic carbocycles. The highest BCUT2D eigenvalue weighted by Gasteiger charge is 2.32. The van der Waals surface area contributed by atoms with Crippen molar-refractivity contribution in [2.24, 2.45) is 5.16 Å². The van der Waals surface area contributed by atoms with Crippen LogP contribution < -0.4 is 14.2 Å². The zero-order valence-corrected chi connectivity index (χ0v) is 27.8. The molecule has 0 saturated carbocycles. The van der Waals surface area contributed by atoms with Crippen LogP contribution in [0.1, 0.15) is 57.0 Å². The van der Waals surface area contributed by atoms with E-state index in [1.54, 1.807) is 12.3 Å². The fourth-order valence-corrected chi connectivity index (χ4v) is 5.93. The first kappa shape index (κ1) is 33.8. The Labute approximate surface area is 292 Å². The van der Waals surface area contributed by atoms with Gasteiger partial charge < -0.3 is 24.5 Å². The van der Waals surface area contributed by atoms with Crippen LogP contribution in [0.3, 0.4) is 0 Å². The third-order valence-corrected chi connectivity index (χ3v) is 8.53. The first-order valence-electron chi connectivity index (χ1n) is 15.7. The van der Waals surface area contributed by atoms with Gasteiger partial charge >= 0.3 is 5.97 Å². The first-order valence-corrected chi connectivity index (χ1v) is 16.6. The predicted molar refractivity (Wildman–Crippen MR) is 186 cm³/mol. The minimum Gasteiger partial charge on any atom is -0.477 e. The molecule has 0 amide bonds. The number of carbonyl (C=O) groups is 1. The van der Waals surface area contributed by atoms with E-state index >= 15 is 0 Å². The zero-order chi connectivity index (χ0) is 34.9. The maximum Gasteiger partial charge on any atom is 0.360 e. The molecule has 252 valence electrons. The average Bonchev–Trinajstić information content (AvgIpc) is 3.58. The predicted octanol–water partition coefficient (Wildman–Crippen LogP) is 6.85. The molecule has 0 aliphatic rings. The van der Waals surface area contributed by atoms with E-state index in [1.165, 1.54) is 23.6 Å². The van der Waals surface area contributed by atoms with Crippen molar-refractivity contribution in [2.75, 3.05) is 6.61 Å². The standard InChI is InChI=1S/C39H33N3O7S/c1-26-40-31(25-50-26)36(39(44)45)41-49-35(24-43)32-22-33(47-37(27-14-6-2-7-15-27)28-16-8-3-9-17-28)34(23-42(32)46)48-38(29-18-10-4-11-19-29)30-20-12-5-13-21-30/h2-23,25,35,37-38,43H,24H2,1H3,(H-,44,45,46)/p+1/b41-36-. The third-order valence-electron chi connectivity index (χ3n) is 7.76. The van der Waals surface area contributed by atoms with Gasteiger partial charge in [0.05, 0.1) is 17.7 Å². The Morgan fingerprint density at radius 1 is 0.780 bits per heavy atom. The number of rotatable bonds is 14. The molecule has 11 heteroatoms. The van der Waals surface area contributed by atoms with E-state index in [1.807, 2.05) is 121 Å². The van der Waals surface area contributed by atoms with Crippen molar-refractivity contribution in [1.29, 1.82) is 0 Å². The van der Waals surface area contributed by atoms with Gasteiger partial charge in [-0.1, -0.05) is 126 Å². The van der Waals surface area contributed by atoms with Gasteiger partial charge in [0.25, 0.3) is 11.9 Å². The molecule has 6 rings (SSSR count). The Hall–Kier alpha value is -6.04. The molecule has 1 atom stereocenters. The van der Waals surface area contributed by atoms with Gasteiger partial charge in [0.2, 0.25) is 17.6 Å². The number of hydrogen-bond acceptors (Lipinski definition) is 9. The topological polar surface area (TPSA) is 135 Å². The van der Waals surface area contributed by atoms with Gasteiger partial charge in [-0.25, -0.2) is 9.78 Å². The SMILES string of the molecule is Cc1nc(/C(=N/OC(CO)c2cc(OC(c3ccccc3)c3ccccc3)c(OC(c3ccccc3)c3ccccc3)c[n+]2O)C(=O)O)cs1. The fourth-order valence-electron chi connectivity index (χ4n) is 5.33. The molecule has 0 saturated heterocycles. The highest BCUT2D eigenvalue weighted by molar-refractivity contribution is 7.09. The lowest BCUT2D eigenvalue weighted by Gasteiger charge is -2.24. The molecule has 3 N–H and O–H groups in total. The number of carboxylic acid groups (broad SMARTS) is 1. The molecule has 0 radical (unpaired) electrons. The minimum absolute atomic E-state index is 0.0219. The number of hydrogen-bond donors (Lipinski definition) is 3. The van der Waals surface area contributed by atoms with Crippen LogP contribution in [-0.4, -0.2) is 38.7 Å². The summed E-state index contributed by atoms with van der Waals surface area (Å²) in [6.07, 6.45) is -1.18. The number of aliphatic carboxylic acids is 1. The quantitative estimate of drug-likeness (QED) is 0.0490. The summed E-state index contributed by atoms with van der Waals surface area (Å²) in [4.78, 5) is 21.8. The van der Waals surface area contributed by atoms with E-state index in [9.17, 15) is 20.2 Å². The van der Waals surface area contributed by atoms with E-state index in [4.69, 9.17) is 14.3 Å². The maximum absolute atomic E-state index is 12.0. The molecule has 10 nitrogen and oxygen atoms in total. The smallest absolute Gasteiger partial charge is 0.360 e. The van der Waals surface area contributed by atoms with Gasteiger partial charge in [0.1, 0.15) is 17.9 Å². The highest BCUT2D eigenvalue weighted by atomic mass is 32.1. The third kappa shape index (κ3) is 7.97. The second kappa shape index (κ2) is 15.9. The van der Waals surface area contributed by atoms with E-state index < -0.39 is 36.6 Å². The van der Waals surface area contributed by atoms with Gasteiger partial charge in [0, 0.05) is 10.1 Å². The molecule has 6 aromatic rings. The van der Waals surface area contributed by atoms with Crippen LogP contribution in [0.15, 0.2) is 144 Å². The van der Waals surface area contributed by atoms with Crippen molar-refractivity contribution < 1.29 is 39.3 Å². The molecule has 2 aromatic heterocycles. The van der Waals surface area contributed by atoms with Gasteiger partial charge in [-0.3, -0.25) is 5.21 Å². The Balaban J connectivity index is 1.46. The molecule has 0 aliphatic heterocycles. The van der Waals surface area contributed by atoms with E-state index in [-0.39, 0.29) is 22.9 Å². The molecule has 0 spiro atoms. The maximum atomic E-state index is 12.0. The number of pyridine rings is 1. The number of aliphatic hydroxyl groups is 1. The second-order valence-electron chi connectivity index (χ2n) is 11.2. The zero-order valence-electron chi connectivity index (χ0n) is 26.9. The van der Waals surface area contributed by atoms with E-state index in [0.29, 0.717) is 5.01 Å². The lowest BCUT2D eigenvalue weighted by Crippen LogP contribution is -2.38. The summed E-state index contributed by atoms with van der Waals surface area (Å²) >= 11 is 1.26. The summed E-state index contributed by atoms with van der Waals surface area (Å²) in [6, 6.07) is 40.1. The van der Waals surface area contributed by atoms with Crippen LogP contribution in [0.5, 0.6) is 11.5 Å². The van der Waals surface area contributed by atoms with Crippen molar-refractivity contribution in [2.45, 2.75) is 25.2 Å². The highest BCUT2D eigenvalue weighted by Crippen LogP contribution is 2.39. The Morgan fingerprint density at radius 2 is 1.24 bits per heavy atom. The number of ether oxygens (including phenoxy) is 2. The monoisotopic (exact) mass is 688 g/mol. The summed E-state index contributed by atoms with van der Waals surface area (Å²) < 4.78 is 14.2. The fraction of sp³-hybridized carbons (Fsp3) is 0.128. The Bertz CT molecular complexity index is 1960. The van der Waals surface area contributed by atoms with Gasteiger partial charge in [0.15, 0.2) is 5.75 Å². The number of aromatic nitrogens is 2. The van der Waals surface area contributed by atoms with Gasteiger partial charge in [-0.15, -0.1) is 11.3 Å². The molecule has 50 heavy (non-hydrogen) atoms. The summed E-state index contributed by atoms with van der Waals surface area (Å²) in [7, 11) is 0. The Morgan fingerprint density at radius 3 is 1.64 bits per heavy atom. The van der Waals surface area contributed by atoms with Crippen LogP contribution in [0.4, 0.5) is 0 Å².